The number of ether oxygens (including phenoxy) is 1. The van der Waals surface area contributed by atoms with Gasteiger partial charge in [-0.1, -0.05) is 35.2 Å². The van der Waals surface area contributed by atoms with Crippen LogP contribution in [0.4, 0.5) is 5.13 Å². The molecule has 0 aliphatic heterocycles. The zero-order chi connectivity index (χ0) is 15.5. The molecule has 0 aliphatic carbocycles. The molecular formula is C13H13N5O2S2. The lowest BCUT2D eigenvalue weighted by molar-refractivity contribution is 0.411. The Morgan fingerprint density at radius 2 is 2.23 bits per heavy atom. The van der Waals surface area contributed by atoms with Crippen LogP contribution in [0.2, 0.25) is 0 Å². The SMILES string of the molecule is COc1ccccc1-n1[nH]c(CSc2nnc(N)s2)cc1=O. The number of rotatable bonds is 5. The van der Waals surface area contributed by atoms with Gasteiger partial charge < -0.3 is 10.5 Å². The molecule has 22 heavy (non-hydrogen) atoms. The minimum atomic E-state index is -0.142. The van der Waals surface area contributed by atoms with E-state index in [-0.39, 0.29) is 5.56 Å². The lowest BCUT2D eigenvalue weighted by Gasteiger charge is -2.07. The number of aromatic amines is 1. The highest BCUT2D eigenvalue weighted by molar-refractivity contribution is 8.00. The van der Waals surface area contributed by atoms with Crippen molar-refractivity contribution < 1.29 is 4.74 Å². The van der Waals surface area contributed by atoms with E-state index in [1.54, 1.807) is 19.2 Å². The van der Waals surface area contributed by atoms with Crippen LogP contribution in [0.3, 0.4) is 0 Å². The van der Waals surface area contributed by atoms with Crippen molar-refractivity contribution in [2.45, 2.75) is 10.1 Å². The number of aromatic nitrogens is 4. The van der Waals surface area contributed by atoms with Gasteiger partial charge in [0.15, 0.2) is 4.34 Å². The smallest absolute Gasteiger partial charge is 0.271 e. The monoisotopic (exact) mass is 335 g/mol. The summed E-state index contributed by atoms with van der Waals surface area (Å²) in [6.07, 6.45) is 0. The number of benzene rings is 1. The van der Waals surface area contributed by atoms with Crippen LogP contribution < -0.4 is 16.0 Å². The summed E-state index contributed by atoms with van der Waals surface area (Å²) >= 11 is 2.79. The van der Waals surface area contributed by atoms with Crippen molar-refractivity contribution in [3.63, 3.8) is 0 Å². The fourth-order valence-electron chi connectivity index (χ4n) is 1.93. The molecule has 3 rings (SSSR count). The van der Waals surface area contributed by atoms with E-state index < -0.39 is 0 Å². The summed E-state index contributed by atoms with van der Waals surface area (Å²) in [5, 5.41) is 11.2. The van der Waals surface area contributed by atoms with Gasteiger partial charge in [-0.25, -0.2) is 4.68 Å². The highest BCUT2D eigenvalue weighted by Crippen LogP contribution is 2.26. The van der Waals surface area contributed by atoms with Crippen molar-refractivity contribution in [3.05, 3.63) is 46.4 Å². The van der Waals surface area contributed by atoms with Crippen LogP contribution in [0.25, 0.3) is 5.69 Å². The molecule has 0 spiro atoms. The van der Waals surface area contributed by atoms with Gasteiger partial charge in [0.25, 0.3) is 5.56 Å². The molecule has 114 valence electrons. The Morgan fingerprint density at radius 3 is 2.95 bits per heavy atom. The quantitative estimate of drug-likeness (QED) is 0.691. The van der Waals surface area contributed by atoms with Gasteiger partial charge in [-0.15, -0.1) is 10.2 Å². The first kappa shape index (κ1) is 14.7. The van der Waals surface area contributed by atoms with Crippen molar-refractivity contribution in [3.8, 4) is 11.4 Å². The zero-order valence-corrected chi connectivity index (χ0v) is 13.3. The van der Waals surface area contributed by atoms with Crippen LogP contribution in [0.5, 0.6) is 5.75 Å². The molecule has 0 amide bonds. The highest BCUT2D eigenvalue weighted by Gasteiger charge is 2.10. The average molecular weight is 335 g/mol. The van der Waals surface area contributed by atoms with Crippen molar-refractivity contribution in [1.29, 1.82) is 0 Å². The maximum atomic E-state index is 12.1. The Kier molecular flexibility index (Phi) is 4.16. The zero-order valence-electron chi connectivity index (χ0n) is 11.6. The van der Waals surface area contributed by atoms with E-state index in [0.29, 0.717) is 22.3 Å². The molecule has 3 aromatic rings. The highest BCUT2D eigenvalue weighted by atomic mass is 32.2. The maximum Gasteiger partial charge on any atom is 0.271 e. The van der Waals surface area contributed by atoms with Crippen LogP contribution in [0.1, 0.15) is 5.69 Å². The molecule has 0 fully saturated rings. The molecule has 0 atom stereocenters. The van der Waals surface area contributed by atoms with Crippen molar-refractivity contribution in [2.75, 3.05) is 12.8 Å². The van der Waals surface area contributed by atoms with Crippen LogP contribution in [0, 0.1) is 0 Å². The second-order valence-electron chi connectivity index (χ2n) is 4.32. The van der Waals surface area contributed by atoms with Crippen LogP contribution in [-0.2, 0) is 5.75 Å². The van der Waals surface area contributed by atoms with Gasteiger partial charge in [-0.2, -0.15) is 0 Å². The topological polar surface area (TPSA) is 98.8 Å². The number of thioether (sulfide) groups is 1. The van der Waals surface area contributed by atoms with E-state index >= 15 is 0 Å². The van der Waals surface area contributed by atoms with Gasteiger partial charge in [0.05, 0.1) is 7.11 Å². The summed E-state index contributed by atoms with van der Waals surface area (Å²) in [4.78, 5) is 12.1. The normalized spacial score (nSPS) is 10.8. The molecular weight excluding hydrogens is 322 g/mol. The van der Waals surface area contributed by atoms with Gasteiger partial charge in [0.2, 0.25) is 5.13 Å². The standard InChI is InChI=1S/C13H13N5O2S2/c1-20-10-5-3-2-4-9(10)18-11(19)6-8(17-18)7-21-13-16-15-12(14)22-13/h2-6,17H,7H2,1H3,(H2,14,15). The van der Waals surface area contributed by atoms with Crippen LogP contribution in [-0.4, -0.2) is 27.1 Å². The summed E-state index contributed by atoms with van der Waals surface area (Å²) in [5.74, 6) is 1.20. The number of nitrogens with two attached hydrogens (primary N) is 1. The predicted molar refractivity (Wildman–Crippen MR) is 86.8 cm³/mol. The molecule has 0 radical (unpaired) electrons. The fourth-order valence-corrected chi connectivity index (χ4v) is 3.47. The largest absolute Gasteiger partial charge is 0.494 e. The first-order valence-corrected chi connectivity index (χ1v) is 8.13. The first-order valence-electron chi connectivity index (χ1n) is 6.33. The number of H-pyrrole nitrogens is 1. The predicted octanol–water partition coefficient (Wildman–Crippen LogP) is 1.90. The molecule has 0 saturated heterocycles. The molecule has 0 aliphatic rings. The van der Waals surface area contributed by atoms with E-state index in [0.717, 1.165) is 10.0 Å². The van der Waals surface area contributed by atoms with Crippen molar-refractivity contribution >= 4 is 28.2 Å². The molecule has 0 unspecified atom stereocenters. The summed E-state index contributed by atoms with van der Waals surface area (Å²) in [6, 6.07) is 8.89. The van der Waals surface area contributed by atoms with Gasteiger partial charge in [-0.05, 0) is 12.1 Å². The van der Waals surface area contributed by atoms with E-state index in [2.05, 4.69) is 15.3 Å². The van der Waals surface area contributed by atoms with Crippen LogP contribution in [0.15, 0.2) is 39.5 Å². The van der Waals surface area contributed by atoms with Crippen LogP contribution >= 0.6 is 23.1 Å². The number of hydrogen-bond acceptors (Lipinski definition) is 7. The van der Waals surface area contributed by atoms with Crippen molar-refractivity contribution in [2.24, 2.45) is 0 Å². The second kappa shape index (κ2) is 6.24. The molecule has 2 heterocycles. The molecule has 7 nitrogen and oxygen atoms in total. The van der Waals surface area contributed by atoms with Gasteiger partial charge in [0.1, 0.15) is 11.4 Å². The summed E-state index contributed by atoms with van der Waals surface area (Å²) in [7, 11) is 1.57. The van der Waals surface area contributed by atoms with Gasteiger partial charge in [-0.3, -0.25) is 9.89 Å². The third kappa shape index (κ3) is 3.00. The van der Waals surface area contributed by atoms with Gasteiger partial charge in [0, 0.05) is 17.5 Å². The molecule has 2 aromatic heterocycles. The number of para-hydroxylation sites is 2. The van der Waals surface area contributed by atoms with E-state index in [4.69, 9.17) is 10.5 Å². The van der Waals surface area contributed by atoms with Gasteiger partial charge >= 0.3 is 0 Å². The summed E-state index contributed by atoms with van der Waals surface area (Å²) in [5.41, 5.74) is 6.86. The average Bonchev–Trinajstić information content (AvgIpc) is 3.11. The Balaban J connectivity index is 1.83. The number of nitrogens with zero attached hydrogens (tertiary/aromatic N) is 3. The lowest BCUT2D eigenvalue weighted by atomic mass is 10.3. The van der Waals surface area contributed by atoms with E-state index in [1.165, 1.54) is 27.8 Å². The Hall–Kier alpha value is -2.26. The second-order valence-corrected chi connectivity index (χ2v) is 6.55. The van der Waals surface area contributed by atoms with E-state index in [1.807, 2.05) is 18.2 Å². The number of nitrogens with one attached hydrogen (secondary N) is 1. The third-order valence-electron chi connectivity index (χ3n) is 2.87. The number of nitrogen functional groups attached to an aromatic ring is 1. The van der Waals surface area contributed by atoms with Crippen molar-refractivity contribution in [1.82, 2.24) is 20.0 Å². The molecule has 9 heteroatoms. The molecule has 0 bridgehead atoms. The first-order chi connectivity index (χ1) is 10.7. The fraction of sp³-hybridized carbons (Fsp3) is 0.154. The number of methoxy groups -OCH3 is 1. The Labute approximate surface area is 134 Å². The lowest BCUT2D eigenvalue weighted by Crippen LogP contribution is -2.14. The van der Waals surface area contributed by atoms with E-state index in [9.17, 15) is 4.79 Å². The minimum Gasteiger partial charge on any atom is -0.494 e. The number of anilines is 1. The molecule has 1 aromatic carbocycles. The minimum absolute atomic E-state index is 0.142. The molecule has 3 N–H and O–H groups in total. The number of hydrogen-bond donors (Lipinski definition) is 2. The summed E-state index contributed by atoms with van der Waals surface area (Å²) in [6.45, 7) is 0. The third-order valence-corrected chi connectivity index (χ3v) is 4.81. The maximum absolute atomic E-state index is 12.1. The Morgan fingerprint density at radius 1 is 1.41 bits per heavy atom. The Bertz CT molecular complexity index is 839. The molecule has 0 saturated carbocycles. The summed E-state index contributed by atoms with van der Waals surface area (Å²) < 4.78 is 7.51.